The van der Waals surface area contributed by atoms with E-state index < -0.39 is 17.9 Å². The summed E-state index contributed by atoms with van der Waals surface area (Å²) in [6, 6.07) is 15.3. The third kappa shape index (κ3) is 3.07. The van der Waals surface area contributed by atoms with Crippen LogP contribution in [0, 0.1) is 0 Å². The van der Waals surface area contributed by atoms with Gasteiger partial charge in [-0.05, 0) is 47.7 Å². The van der Waals surface area contributed by atoms with E-state index in [1.165, 1.54) is 36.4 Å². The Bertz CT molecular complexity index is 1250. The Morgan fingerprint density at radius 2 is 1.60 bits per heavy atom. The Labute approximate surface area is 180 Å². The van der Waals surface area contributed by atoms with Gasteiger partial charge in [0.15, 0.2) is 0 Å². The van der Waals surface area contributed by atoms with Gasteiger partial charge in [-0.2, -0.15) is 0 Å². The average Bonchev–Trinajstić information content (AvgIpc) is 3.33. The number of nitrogens with zero attached hydrogens (tertiary/aromatic N) is 1. The predicted molar refractivity (Wildman–Crippen MR) is 125 cm³/mol. The molecule has 0 N–H and O–H groups in total. The minimum Gasteiger partial charge on any atom is -0.256 e. The van der Waals surface area contributed by atoms with Crippen LogP contribution in [0.5, 0.6) is 0 Å². The molecule has 1 aromatic heterocycles. The van der Waals surface area contributed by atoms with Gasteiger partial charge in [-0.25, -0.2) is 8.42 Å². The molecule has 1 aliphatic heterocycles. The van der Waals surface area contributed by atoms with Crippen LogP contribution in [0.4, 0.5) is 0 Å². The van der Waals surface area contributed by atoms with Crippen LogP contribution in [-0.4, -0.2) is 21.5 Å². The van der Waals surface area contributed by atoms with Crippen LogP contribution in [0.3, 0.4) is 0 Å². The van der Waals surface area contributed by atoms with Crippen LogP contribution in [0.1, 0.15) is 37.2 Å². The predicted octanol–water partition coefficient (Wildman–Crippen LogP) is 5.76. The first-order valence-electron chi connectivity index (χ1n) is 10.8. The molecule has 1 aliphatic carbocycles. The molecule has 3 aromatic rings. The van der Waals surface area contributed by atoms with Gasteiger partial charge in [0.1, 0.15) is 0 Å². The van der Waals surface area contributed by atoms with Crippen LogP contribution in [0.25, 0.3) is 22.4 Å². The van der Waals surface area contributed by atoms with Crippen molar-refractivity contribution in [3.05, 3.63) is 60.3 Å². The molecule has 30 heavy (non-hydrogen) atoms. The molecule has 2 aromatic carbocycles. The van der Waals surface area contributed by atoms with Crippen LogP contribution in [0.15, 0.2) is 64.5 Å². The maximum absolute atomic E-state index is 13.1. The van der Waals surface area contributed by atoms with Crippen LogP contribution in [0.2, 0.25) is 19.6 Å². The minimum absolute atomic E-state index is 0.402. The summed E-state index contributed by atoms with van der Waals surface area (Å²) in [6.45, 7) is 7.13. The molecular formula is C25H27NO2SSi. The van der Waals surface area contributed by atoms with E-state index in [2.05, 4.69) is 31.9 Å². The summed E-state index contributed by atoms with van der Waals surface area (Å²) in [6.07, 6.45) is 7.15. The lowest BCUT2D eigenvalue weighted by molar-refractivity contribution is 0.598. The third-order valence-electron chi connectivity index (χ3n) is 6.57. The summed E-state index contributed by atoms with van der Waals surface area (Å²) in [7, 11) is -4.98. The molecule has 1 fully saturated rings. The summed E-state index contributed by atoms with van der Waals surface area (Å²) < 4.78 is 26.2. The zero-order valence-corrected chi connectivity index (χ0v) is 19.6. The van der Waals surface area contributed by atoms with Crippen LogP contribution < -0.4 is 5.19 Å². The van der Waals surface area contributed by atoms with Crippen molar-refractivity contribution in [1.29, 1.82) is 0 Å². The molecule has 0 amide bonds. The van der Waals surface area contributed by atoms with E-state index in [-0.39, 0.29) is 0 Å². The Kier molecular flexibility index (Phi) is 4.53. The van der Waals surface area contributed by atoms with Gasteiger partial charge in [0.25, 0.3) is 0 Å². The fourth-order valence-electron chi connectivity index (χ4n) is 5.00. The lowest BCUT2D eigenvalue weighted by atomic mass is 9.96. The summed E-state index contributed by atoms with van der Waals surface area (Å²) >= 11 is 0. The normalized spacial score (nSPS) is 17.7. The summed E-state index contributed by atoms with van der Waals surface area (Å²) in [5, 5.41) is 1.44. The van der Waals surface area contributed by atoms with E-state index in [9.17, 15) is 8.42 Å². The zero-order chi connectivity index (χ0) is 21.1. The number of rotatable bonds is 3. The van der Waals surface area contributed by atoms with Gasteiger partial charge < -0.3 is 0 Å². The third-order valence-corrected chi connectivity index (χ3v) is 10.5. The fraction of sp³-hybridized carbons (Fsp3) is 0.320. The van der Waals surface area contributed by atoms with E-state index in [1.807, 2.05) is 30.3 Å². The number of hydrogen-bond acceptors (Lipinski definition) is 3. The number of benzene rings is 2. The number of sulfone groups is 1. The zero-order valence-electron chi connectivity index (χ0n) is 17.8. The first-order valence-corrected chi connectivity index (χ1v) is 15.7. The lowest BCUT2D eigenvalue weighted by Gasteiger charge is -2.24. The molecule has 154 valence electrons. The van der Waals surface area contributed by atoms with E-state index in [0.717, 1.165) is 22.4 Å². The minimum atomic E-state index is -3.47. The standard InChI is InChI=1S/C25H27NO2SSi/c1-30(2,3)25-16-26-22(15-21(25)17-8-4-5-9-17)18-12-13-20-19-10-6-7-11-23(19)29(27,28)24(20)14-18/h6-7,10-17H,4-5,8-9H2,1-3H3. The van der Waals surface area contributed by atoms with Gasteiger partial charge in [-0.15, -0.1) is 0 Å². The van der Waals surface area contributed by atoms with Gasteiger partial charge in [-0.1, -0.05) is 62.8 Å². The van der Waals surface area contributed by atoms with E-state index in [1.54, 1.807) is 12.1 Å². The number of fused-ring (bicyclic) bond motifs is 3. The average molecular weight is 434 g/mol. The molecule has 0 unspecified atom stereocenters. The van der Waals surface area contributed by atoms with E-state index in [0.29, 0.717) is 15.7 Å². The number of pyridine rings is 1. The monoisotopic (exact) mass is 433 g/mol. The Morgan fingerprint density at radius 1 is 0.900 bits per heavy atom. The van der Waals surface area contributed by atoms with Crippen molar-refractivity contribution in [2.75, 3.05) is 0 Å². The fourth-order valence-corrected chi connectivity index (χ4v) is 8.30. The maximum Gasteiger partial charge on any atom is 0.207 e. The van der Waals surface area contributed by atoms with Crippen LogP contribution >= 0.6 is 0 Å². The smallest absolute Gasteiger partial charge is 0.207 e. The Hall–Kier alpha value is -2.24. The summed E-state index contributed by atoms with van der Waals surface area (Å²) in [5.74, 6) is 0.607. The van der Waals surface area contributed by atoms with Crippen molar-refractivity contribution in [3.8, 4) is 22.4 Å². The molecule has 2 heterocycles. The first kappa shape index (κ1) is 19.7. The molecule has 5 rings (SSSR count). The molecule has 0 saturated heterocycles. The molecule has 2 aliphatic rings. The highest BCUT2D eigenvalue weighted by molar-refractivity contribution is 7.92. The highest BCUT2D eigenvalue weighted by Crippen LogP contribution is 2.44. The van der Waals surface area contributed by atoms with Gasteiger partial charge >= 0.3 is 0 Å². The highest BCUT2D eigenvalue weighted by atomic mass is 32.2. The first-order chi connectivity index (χ1) is 14.3. The number of aromatic nitrogens is 1. The molecule has 3 nitrogen and oxygen atoms in total. The summed E-state index contributed by atoms with van der Waals surface area (Å²) in [5.41, 5.74) is 4.81. The van der Waals surface area contributed by atoms with Gasteiger partial charge in [0.2, 0.25) is 9.84 Å². The second-order valence-electron chi connectivity index (χ2n) is 9.60. The van der Waals surface area contributed by atoms with Gasteiger partial charge in [0, 0.05) is 22.9 Å². The molecule has 0 bridgehead atoms. The van der Waals surface area contributed by atoms with Crippen molar-refractivity contribution in [2.45, 2.75) is 61.0 Å². The van der Waals surface area contributed by atoms with Crippen molar-refractivity contribution < 1.29 is 8.42 Å². The van der Waals surface area contributed by atoms with E-state index >= 15 is 0 Å². The van der Waals surface area contributed by atoms with Crippen molar-refractivity contribution >= 4 is 23.1 Å². The van der Waals surface area contributed by atoms with Gasteiger partial charge in [0.05, 0.1) is 23.6 Å². The molecule has 0 spiro atoms. The Morgan fingerprint density at radius 3 is 2.33 bits per heavy atom. The van der Waals surface area contributed by atoms with Gasteiger partial charge in [-0.3, -0.25) is 4.98 Å². The molecule has 0 radical (unpaired) electrons. The highest BCUT2D eigenvalue weighted by Gasteiger charge is 2.33. The largest absolute Gasteiger partial charge is 0.256 e. The quantitative estimate of drug-likeness (QED) is 0.386. The SMILES string of the molecule is C[Si](C)(C)c1cnc(-c2ccc3c(c2)S(=O)(=O)c2ccccc2-3)cc1C1CCCC1. The second kappa shape index (κ2) is 6.89. The number of hydrogen-bond donors (Lipinski definition) is 0. The topological polar surface area (TPSA) is 47.0 Å². The molecule has 1 saturated carbocycles. The van der Waals surface area contributed by atoms with Crippen LogP contribution in [-0.2, 0) is 9.84 Å². The van der Waals surface area contributed by atoms with Crippen molar-refractivity contribution in [3.63, 3.8) is 0 Å². The van der Waals surface area contributed by atoms with E-state index in [4.69, 9.17) is 4.98 Å². The maximum atomic E-state index is 13.1. The second-order valence-corrected chi connectivity index (χ2v) is 16.5. The van der Waals surface area contributed by atoms with Crippen molar-refractivity contribution in [1.82, 2.24) is 4.98 Å². The Balaban J connectivity index is 1.64. The molecule has 0 atom stereocenters. The molecule has 5 heteroatoms. The van der Waals surface area contributed by atoms with Crippen molar-refractivity contribution in [2.24, 2.45) is 0 Å². The lowest BCUT2D eigenvalue weighted by Crippen LogP contribution is -2.41. The molecular weight excluding hydrogens is 406 g/mol. The summed E-state index contributed by atoms with van der Waals surface area (Å²) in [4.78, 5) is 5.62.